The van der Waals surface area contributed by atoms with Gasteiger partial charge in [0.05, 0.1) is 12.2 Å². The number of hydrogen-bond donors (Lipinski definition) is 0. The summed E-state index contributed by atoms with van der Waals surface area (Å²) in [5.74, 6) is 1.84. The Morgan fingerprint density at radius 3 is 2.31 bits per heavy atom. The molecule has 0 atom stereocenters. The highest BCUT2D eigenvalue weighted by molar-refractivity contribution is 5.92. The van der Waals surface area contributed by atoms with E-state index < -0.39 is 0 Å². The van der Waals surface area contributed by atoms with Gasteiger partial charge in [-0.3, -0.25) is 4.79 Å². The molecule has 32 heavy (non-hydrogen) atoms. The summed E-state index contributed by atoms with van der Waals surface area (Å²) in [6.07, 6.45) is 7.95. The lowest BCUT2D eigenvalue weighted by Crippen LogP contribution is -2.38. The van der Waals surface area contributed by atoms with Crippen LogP contribution in [-0.2, 0) is 17.8 Å². The quantitative estimate of drug-likeness (QED) is 0.568. The lowest BCUT2D eigenvalue weighted by molar-refractivity contribution is -0.126. The molecule has 1 saturated heterocycles. The first-order valence-electron chi connectivity index (χ1n) is 11.5. The predicted molar refractivity (Wildman–Crippen MR) is 128 cm³/mol. The van der Waals surface area contributed by atoms with Crippen LogP contribution in [0.1, 0.15) is 36.1 Å². The van der Waals surface area contributed by atoms with E-state index in [1.165, 1.54) is 19.3 Å². The molecule has 2 aromatic carbocycles. The SMILES string of the molecule is O=C(/C=C/c1ccccc1)N1CCc2nc(-c3ccccc3)nc(N3CCCCC3)c2C1. The molecule has 3 heterocycles. The van der Waals surface area contributed by atoms with Gasteiger partial charge < -0.3 is 9.80 Å². The van der Waals surface area contributed by atoms with Gasteiger partial charge in [0.1, 0.15) is 5.82 Å². The van der Waals surface area contributed by atoms with Crippen LogP contribution >= 0.6 is 0 Å². The lowest BCUT2D eigenvalue weighted by atomic mass is 10.0. The van der Waals surface area contributed by atoms with Crippen molar-refractivity contribution in [2.45, 2.75) is 32.2 Å². The van der Waals surface area contributed by atoms with E-state index in [0.717, 1.165) is 53.5 Å². The maximum absolute atomic E-state index is 12.9. The fourth-order valence-corrected chi connectivity index (χ4v) is 4.51. The van der Waals surface area contributed by atoms with Crippen LogP contribution in [0, 0.1) is 0 Å². The van der Waals surface area contributed by atoms with E-state index in [-0.39, 0.29) is 5.91 Å². The Labute approximate surface area is 189 Å². The summed E-state index contributed by atoms with van der Waals surface area (Å²) < 4.78 is 0. The van der Waals surface area contributed by atoms with E-state index in [4.69, 9.17) is 9.97 Å². The minimum absolute atomic E-state index is 0.0382. The highest BCUT2D eigenvalue weighted by Crippen LogP contribution is 2.31. The topological polar surface area (TPSA) is 49.3 Å². The van der Waals surface area contributed by atoms with Crippen molar-refractivity contribution in [2.24, 2.45) is 0 Å². The van der Waals surface area contributed by atoms with E-state index in [1.54, 1.807) is 6.08 Å². The van der Waals surface area contributed by atoms with Gasteiger partial charge in [-0.15, -0.1) is 0 Å². The summed E-state index contributed by atoms with van der Waals surface area (Å²) in [7, 11) is 0. The van der Waals surface area contributed by atoms with E-state index >= 15 is 0 Å². The largest absolute Gasteiger partial charge is 0.356 e. The zero-order valence-corrected chi connectivity index (χ0v) is 18.3. The average Bonchev–Trinajstić information content (AvgIpc) is 2.88. The standard InChI is InChI=1S/C27H28N4O/c32-25(15-14-21-10-4-1-5-11-21)31-19-16-24-23(20-31)27(30-17-8-3-9-18-30)29-26(28-24)22-12-6-2-7-13-22/h1-2,4-7,10-15H,3,8-9,16-20H2/b15-14+. The summed E-state index contributed by atoms with van der Waals surface area (Å²) in [6.45, 7) is 3.27. The molecule has 1 fully saturated rings. The Morgan fingerprint density at radius 2 is 1.56 bits per heavy atom. The van der Waals surface area contributed by atoms with Crippen molar-refractivity contribution < 1.29 is 4.79 Å². The summed E-state index contributed by atoms with van der Waals surface area (Å²) in [6, 6.07) is 20.1. The Morgan fingerprint density at radius 1 is 0.844 bits per heavy atom. The molecule has 1 amide bonds. The summed E-state index contributed by atoms with van der Waals surface area (Å²) in [5.41, 5.74) is 4.26. The first-order valence-corrected chi connectivity index (χ1v) is 11.5. The van der Waals surface area contributed by atoms with Crippen molar-refractivity contribution in [1.29, 1.82) is 0 Å². The third kappa shape index (κ3) is 4.42. The first-order chi connectivity index (χ1) is 15.8. The van der Waals surface area contributed by atoms with E-state index in [9.17, 15) is 4.79 Å². The van der Waals surface area contributed by atoms with Crippen LogP contribution in [0.4, 0.5) is 5.82 Å². The summed E-state index contributed by atoms with van der Waals surface area (Å²) in [4.78, 5) is 27.2. The van der Waals surface area contributed by atoms with Crippen LogP contribution in [0.15, 0.2) is 66.7 Å². The van der Waals surface area contributed by atoms with Gasteiger partial charge in [-0.25, -0.2) is 9.97 Å². The van der Waals surface area contributed by atoms with Crippen molar-refractivity contribution in [2.75, 3.05) is 24.5 Å². The molecule has 0 radical (unpaired) electrons. The molecule has 5 heteroatoms. The lowest BCUT2D eigenvalue weighted by Gasteiger charge is -2.34. The van der Waals surface area contributed by atoms with Crippen LogP contribution in [0.3, 0.4) is 0 Å². The third-order valence-electron chi connectivity index (χ3n) is 6.26. The molecule has 0 unspecified atom stereocenters. The van der Waals surface area contributed by atoms with Crippen LogP contribution in [-0.4, -0.2) is 40.4 Å². The van der Waals surface area contributed by atoms with Crippen LogP contribution in [0.25, 0.3) is 17.5 Å². The molecule has 5 rings (SSSR count). The van der Waals surface area contributed by atoms with Crippen molar-refractivity contribution in [3.05, 3.63) is 83.6 Å². The van der Waals surface area contributed by atoms with Gasteiger partial charge in [0.15, 0.2) is 5.82 Å². The molecule has 1 aromatic heterocycles. The van der Waals surface area contributed by atoms with Crippen LogP contribution < -0.4 is 4.90 Å². The number of anilines is 1. The third-order valence-corrected chi connectivity index (χ3v) is 6.26. The number of amides is 1. The van der Waals surface area contributed by atoms with Gasteiger partial charge in [0, 0.05) is 43.3 Å². The van der Waals surface area contributed by atoms with Crippen molar-refractivity contribution in [3.8, 4) is 11.4 Å². The number of hydrogen-bond acceptors (Lipinski definition) is 4. The number of carbonyl (C=O) groups is 1. The van der Waals surface area contributed by atoms with Crippen LogP contribution in [0.5, 0.6) is 0 Å². The fourth-order valence-electron chi connectivity index (χ4n) is 4.51. The van der Waals surface area contributed by atoms with Crippen LogP contribution in [0.2, 0.25) is 0 Å². The average molecular weight is 425 g/mol. The summed E-state index contributed by atoms with van der Waals surface area (Å²) in [5, 5.41) is 0. The molecular formula is C27H28N4O. The second-order valence-corrected chi connectivity index (χ2v) is 8.46. The highest BCUT2D eigenvalue weighted by Gasteiger charge is 2.27. The monoisotopic (exact) mass is 424 g/mol. The predicted octanol–water partition coefficient (Wildman–Crippen LogP) is 4.73. The van der Waals surface area contributed by atoms with Gasteiger partial charge in [0.2, 0.25) is 5.91 Å². The molecule has 2 aliphatic heterocycles. The smallest absolute Gasteiger partial charge is 0.246 e. The minimum Gasteiger partial charge on any atom is -0.356 e. The van der Waals surface area contributed by atoms with Crippen molar-refractivity contribution >= 4 is 17.8 Å². The first kappa shape index (κ1) is 20.4. The van der Waals surface area contributed by atoms with Gasteiger partial charge in [-0.1, -0.05) is 60.7 Å². The molecule has 2 aliphatic rings. The van der Waals surface area contributed by atoms with Gasteiger partial charge in [-0.05, 0) is 30.9 Å². The maximum atomic E-state index is 12.9. The number of rotatable bonds is 4. The van der Waals surface area contributed by atoms with E-state index in [0.29, 0.717) is 13.1 Å². The Balaban J connectivity index is 1.45. The number of carbonyl (C=O) groups excluding carboxylic acids is 1. The Hall–Kier alpha value is -3.47. The second-order valence-electron chi connectivity index (χ2n) is 8.46. The van der Waals surface area contributed by atoms with E-state index in [2.05, 4.69) is 17.0 Å². The summed E-state index contributed by atoms with van der Waals surface area (Å²) >= 11 is 0. The molecule has 5 nitrogen and oxygen atoms in total. The normalized spacial score (nSPS) is 16.2. The zero-order chi connectivity index (χ0) is 21.8. The molecule has 162 valence electrons. The fraction of sp³-hybridized carbons (Fsp3) is 0.296. The van der Waals surface area contributed by atoms with Crippen molar-refractivity contribution in [1.82, 2.24) is 14.9 Å². The Bertz CT molecular complexity index is 1110. The molecule has 0 N–H and O–H groups in total. The number of piperidine rings is 1. The van der Waals surface area contributed by atoms with Gasteiger partial charge in [-0.2, -0.15) is 0 Å². The van der Waals surface area contributed by atoms with Gasteiger partial charge in [0.25, 0.3) is 0 Å². The zero-order valence-electron chi connectivity index (χ0n) is 18.3. The molecule has 0 aliphatic carbocycles. The molecule has 3 aromatic rings. The molecule has 0 spiro atoms. The van der Waals surface area contributed by atoms with E-state index in [1.807, 2.05) is 59.5 Å². The van der Waals surface area contributed by atoms with Gasteiger partial charge >= 0.3 is 0 Å². The number of benzene rings is 2. The molecule has 0 saturated carbocycles. The maximum Gasteiger partial charge on any atom is 0.246 e. The number of nitrogens with zero attached hydrogens (tertiary/aromatic N) is 4. The minimum atomic E-state index is 0.0382. The second kappa shape index (κ2) is 9.35. The molecular weight excluding hydrogens is 396 g/mol. The highest BCUT2D eigenvalue weighted by atomic mass is 16.2. The Kier molecular flexibility index (Phi) is 5.97. The number of fused-ring (bicyclic) bond motifs is 1. The molecule has 0 bridgehead atoms. The van der Waals surface area contributed by atoms with Crippen molar-refractivity contribution in [3.63, 3.8) is 0 Å². The number of aromatic nitrogens is 2.